The molecule has 1 saturated heterocycles. The van der Waals surface area contributed by atoms with E-state index in [1.165, 1.54) is 0 Å². The largest absolute Gasteiger partial charge is 0.481 e. The van der Waals surface area contributed by atoms with E-state index in [4.69, 9.17) is 9.84 Å². The van der Waals surface area contributed by atoms with Crippen molar-refractivity contribution in [2.75, 3.05) is 33.4 Å². The first kappa shape index (κ1) is 12.9. The van der Waals surface area contributed by atoms with Crippen molar-refractivity contribution in [2.24, 2.45) is 5.92 Å². The van der Waals surface area contributed by atoms with E-state index in [0.29, 0.717) is 19.7 Å². The monoisotopic (exact) mass is 230 g/mol. The summed E-state index contributed by atoms with van der Waals surface area (Å²) in [5, 5.41) is 11.9. The van der Waals surface area contributed by atoms with E-state index in [0.717, 1.165) is 0 Å². The number of ether oxygens (including phenoxy) is 1. The van der Waals surface area contributed by atoms with Crippen LogP contribution in [-0.4, -0.2) is 61.3 Å². The average Bonchev–Trinajstić information content (AvgIpc) is 2.38. The average molecular weight is 230 g/mol. The molecule has 0 spiro atoms. The third kappa shape index (κ3) is 3.18. The maximum absolute atomic E-state index is 11.8. The highest BCUT2D eigenvalue weighted by Gasteiger charge is 2.30. The molecule has 2 atom stereocenters. The zero-order valence-electron chi connectivity index (χ0n) is 9.60. The van der Waals surface area contributed by atoms with E-state index in [9.17, 15) is 9.59 Å². The molecule has 1 amide bonds. The first-order chi connectivity index (χ1) is 7.56. The third-order valence-corrected chi connectivity index (χ3v) is 2.71. The van der Waals surface area contributed by atoms with Crippen LogP contribution in [0, 0.1) is 5.92 Å². The van der Waals surface area contributed by atoms with Crippen LogP contribution in [0.25, 0.3) is 0 Å². The maximum atomic E-state index is 11.8. The molecule has 1 aliphatic rings. The van der Waals surface area contributed by atoms with Gasteiger partial charge in [-0.15, -0.1) is 0 Å². The zero-order chi connectivity index (χ0) is 12.1. The summed E-state index contributed by atoms with van der Waals surface area (Å²) in [4.78, 5) is 24.3. The number of rotatable bonds is 4. The number of hydrogen-bond acceptors (Lipinski definition) is 4. The SMILES string of the molecule is COCCN1CC(C(=O)O)CNC(C)C1=O. The minimum atomic E-state index is -0.878. The molecular weight excluding hydrogens is 212 g/mol. The van der Waals surface area contributed by atoms with Gasteiger partial charge in [-0.3, -0.25) is 9.59 Å². The first-order valence-corrected chi connectivity index (χ1v) is 5.30. The van der Waals surface area contributed by atoms with E-state index in [1.54, 1.807) is 18.9 Å². The molecule has 16 heavy (non-hydrogen) atoms. The van der Waals surface area contributed by atoms with Crippen LogP contribution < -0.4 is 5.32 Å². The molecule has 6 heteroatoms. The van der Waals surface area contributed by atoms with Gasteiger partial charge in [-0.25, -0.2) is 0 Å². The summed E-state index contributed by atoms with van der Waals surface area (Å²) in [5.41, 5.74) is 0. The molecule has 1 heterocycles. The third-order valence-electron chi connectivity index (χ3n) is 2.71. The molecule has 1 aliphatic heterocycles. The Morgan fingerprint density at radius 3 is 2.94 bits per heavy atom. The second-order valence-electron chi connectivity index (χ2n) is 3.94. The van der Waals surface area contributed by atoms with E-state index < -0.39 is 11.9 Å². The Morgan fingerprint density at radius 1 is 1.69 bits per heavy atom. The molecule has 6 nitrogen and oxygen atoms in total. The Hall–Kier alpha value is -1.14. The molecule has 92 valence electrons. The van der Waals surface area contributed by atoms with E-state index in [2.05, 4.69) is 5.32 Å². The number of methoxy groups -OCH3 is 1. The van der Waals surface area contributed by atoms with Crippen molar-refractivity contribution < 1.29 is 19.4 Å². The minimum Gasteiger partial charge on any atom is -0.481 e. The highest BCUT2D eigenvalue weighted by molar-refractivity contribution is 5.83. The van der Waals surface area contributed by atoms with Crippen molar-refractivity contribution in [1.29, 1.82) is 0 Å². The van der Waals surface area contributed by atoms with Crippen molar-refractivity contribution >= 4 is 11.9 Å². The van der Waals surface area contributed by atoms with Crippen LogP contribution in [0.1, 0.15) is 6.92 Å². The fourth-order valence-corrected chi connectivity index (χ4v) is 1.67. The van der Waals surface area contributed by atoms with Crippen LogP contribution in [0.3, 0.4) is 0 Å². The number of nitrogens with zero attached hydrogens (tertiary/aromatic N) is 1. The van der Waals surface area contributed by atoms with Crippen molar-refractivity contribution in [3.05, 3.63) is 0 Å². The minimum absolute atomic E-state index is 0.0687. The highest BCUT2D eigenvalue weighted by atomic mass is 16.5. The van der Waals surface area contributed by atoms with Crippen molar-refractivity contribution in [3.63, 3.8) is 0 Å². The van der Waals surface area contributed by atoms with Crippen LogP contribution in [0.5, 0.6) is 0 Å². The molecule has 0 aromatic carbocycles. The molecule has 2 N–H and O–H groups in total. The van der Waals surface area contributed by atoms with Gasteiger partial charge in [-0.2, -0.15) is 0 Å². The number of carboxylic acid groups (broad SMARTS) is 1. The van der Waals surface area contributed by atoms with Crippen LogP contribution in [0.15, 0.2) is 0 Å². The molecule has 0 radical (unpaired) electrons. The molecule has 0 saturated carbocycles. The van der Waals surface area contributed by atoms with Gasteiger partial charge in [0.25, 0.3) is 0 Å². The lowest BCUT2D eigenvalue weighted by molar-refractivity contribution is -0.142. The molecule has 0 aromatic rings. The molecule has 1 rings (SSSR count). The lowest BCUT2D eigenvalue weighted by Crippen LogP contribution is -2.43. The fourth-order valence-electron chi connectivity index (χ4n) is 1.67. The maximum Gasteiger partial charge on any atom is 0.309 e. The van der Waals surface area contributed by atoms with Gasteiger partial charge in [0.05, 0.1) is 18.6 Å². The van der Waals surface area contributed by atoms with Crippen LogP contribution >= 0.6 is 0 Å². The van der Waals surface area contributed by atoms with Crippen LogP contribution in [0.2, 0.25) is 0 Å². The van der Waals surface area contributed by atoms with Gasteiger partial charge in [0.15, 0.2) is 0 Å². The van der Waals surface area contributed by atoms with E-state index in [-0.39, 0.29) is 18.5 Å². The summed E-state index contributed by atoms with van der Waals surface area (Å²) in [6, 6.07) is -0.332. The number of carbonyl (C=O) groups excluding carboxylic acids is 1. The molecular formula is C10H18N2O4. The number of hydrogen-bond donors (Lipinski definition) is 2. The van der Waals surface area contributed by atoms with E-state index in [1.807, 2.05) is 0 Å². The summed E-state index contributed by atoms with van der Waals surface area (Å²) in [6.45, 7) is 3.17. The van der Waals surface area contributed by atoms with Gasteiger partial charge < -0.3 is 20.1 Å². The highest BCUT2D eigenvalue weighted by Crippen LogP contribution is 2.08. The fraction of sp³-hybridized carbons (Fsp3) is 0.800. The Morgan fingerprint density at radius 2 is 2.38 bits per heavy atom. The van der Waals surface area contributed by atoms with Gasteiger partial charge in [-0.05, 0) is 6.92 Å². The summed E-state index contributed by atoms with van der Waals surface area (Å²) < 4.78 is 4.90. The second-order valence-corrected chi connectivity index (χ2v) is 3.94. The molecule has 0 aromatic heterocycles. The topological polar surface area (TPSA) is 78.9 Å². The van der Waals surface area contributed by atoms with Gasteiger partial charge in [0.1, 0.15) is 0 Å². The second kappa shape index (κ2) is 5.81. The smallest absolute Gasteiger partial charge is 0.309 e. The Kier molecular flexibility index (Phi) is 4.70. The standard InChI is InChI=1S/C10H18N2O4/c1-7-9(13)12(3-4-16-2)6-8(5-11-7)10(14)15/h7-8,11H,3-6H2,1-2H3,(H,14,15). The lowest BCUT2D eigenvalue weighted by atomic mass is 10.1. The normalized spacial score (nSPS) is 26.6. The molecule has 0 bridgehead atoms. The Bertz CT molecular complexity index is 270. The predicted molar refractivity (Wildman–Crippen MR) is 57.0 cm³/mol. The summed E-state index contributed by atoms with van der Waals surface area (Å²) >= 11 is 0. The predicted octanol–water partition coefficient (Wildman–Crippen LogP) is -0.846. The quantitative estimate of drug-likeness (QED) is 0.658. The molecule has 1 fully saturated rings. The van der Waals surface area contributed by atoms with Crippen LogP contribution in [-0.2, 0) is 14.3 Å². The van der Waals surface area contributed by atoms with Gasteiger partial charge in [-0.1, -0.05) is 0 Å². The lowest BCUT2D eigenvalue weighted by Gasteiger charge is -2.23. The van der Waals surface area contributed by atoms with Crippen molar-refractivity contribution in [1.82, 2.24) is 10.2 Å². The van der Waals surface area contributed by atoms with Crippen molar-refractivity contribution in [2.45, 2.75) is 13.0 Å². The molecule has 0 aliphatic carbocycles. The Balaban J connectivity index is 2.68. The number of carboxylic acids is 1. The van der Waals surface area contributed by atoms with Crippen LogP contribution in [0.4, 0.5) is 0 Å². The van der Waals surface area contributed by atoms with Gasteiger partial charge in [0.2, 0.25) is 5.91 Å². The first-order valence-electron chi connectivity index (χ1n) is 5.30. The van der Waals surface area contributed by atoms with Crippen molar-refractivity contribution in [3.8, 4) is 0 Å². The number of aliphatic carboxylic acids is 1. The summed E-state index contributed by atoms with van der Waals surface area (Å²) in [5.74, 6) is -1.50. The zero-order valence-corrected chi connectivity index (χ0v) is 9.60. The number of nitrogens with one attached hydrogen (secondary N) is 1. The summed E-state index contributed by atoms with van der Waals surface area (Å²) in [6.07, 6.45) is 0. The molecule has 2 unspecified atom stereocenters. The van der Waals surface area contributed by atoms with E-state index >= 15 is 0 Å². The van der Waals surface area contributed by atoms with Gasteiger partial charge in [0, 0.05) is 26.7 Å². The number of amides is 1. The van der Waals surface area contributed by atoms with Gasteiger partial charge >= 0.3 is 5.97 Å². The number of carbonyl (C=O) groups is 2. The summed E-state index contributed by atoms with van der Waals surface area (Å²) in [7, 11) is 1.55. The Labute approximate surface area is 94.6 Å².